The van der Waals surface area contributed by atoms with Gasteiger partial charge in [-0.2, -0.15) is 39.5 Å². The van der Waals surface area contributed by atoms with Crippen LogP contribution >= 0.6 is 28.8 Å². The third-order valence-electron chi connectivity index (χ3n) is 19.9. The minimum atomic E-state index is -6.77. The number of fused-ring (bicyclic) bond motifs is 5. The molecule has 7 rings (SSSR count). The number of nitrogens with zero attached hydrogens (tertiary/aromatic N) is 3. The molecule has 94 heavy (non-hydrogen) atoms. The molecule has 23 heteroatoms. The van der Waals surface area contributed by atoms with Crippen LogP contribution in [-0.2, 0) is 26.2 Å². The van der Waals surface area contributed by atoms with Gasteiger partial charge in [-0.3, -0.25) is 0 Å². The Bertz CT molecular complexity index is 2950. The van der Waals surface area contributed by atoms with Gasteiger partial charge in [0.1, 0.15) is 5.75 Å². The van der Waals surface area contributed by atoms with Gasteiger partial charge in [-0.25, -0.2) is 0 Å². The summed E-state index contributed by atoms with van der Waals surface area (Å²) in [5.74, 6) is 4.19. The summed E-state index contributed by atoms with van der Waals surface area (Å²) in [4.78, 5) is 27.2. The number of methoxy groups -OCH3 is 2. The van der Waals surface area contributed by atoms with Crippen LogP contribution in [0.1, 0.15) is 159 Å². The number of alkyl halides is 9. The molecule has 0 aliphatic heterocycles. The van der Waals surface area contributed by atoms with E-state index in [0.717, 1.165) is 98.8 Å². The Kier molecular flexibility index (Phi) is 26.6. The third-order valence-corrected chi connectivity index (χ3v) is 27.7. The normalized spacial score (nSPS) is 20.6. The van der Waals surface area contributed by atoms with E-state index in [1.807, 2.05) is 121 Å². The Hall–Kier alpha value is -4.01. The first-order chi connectivity index (χ1) is 44.2. The molecule has 0 radical (unpaired) electrons. The molecule has 2 N–H and O–H groups in total. The maximum absolute atomic E-state index is 13.3. The van der Waals surface area contributed by atoms with E-state index < -0.39 is 50.1 Å². The van der Waals surface area contributed by atoms with Crippen LogP contribution < -0.4 is 14.2 Å². The Morgan fingerprint density at radius 1 is 0.702 bits per heavy atom. The molecule has 6 atom stereocenters. The Balaban J connectivity index is 0.891. The standard InChI is InChI=1S/C71H99F9N3O8PS2/c1-50(2)83(51(3)4)92(84,85,45-18-39-81)49-52(48-91-67(54-20-15-13-16-21-54,55-23-27-57(86-9)28-24-55)56-25-29-58(87-10)30-26-56)19-14-11-12-17-46-93-94-65(5,6)38-42-88-59-31-33-60-53(47-59)22-32-62-61(60)36-37-66(7)63(62)34-35-64(66)89-43-40-82(8)41-44-90-68(69(72,73)74,70(75,76)77)71(78,79)80/h13,15-16,20-21,23-31,33,47,50-52,61-64,84-85H,11-12,14,17-19,22,32,34-38,40-46,48-49H2,1-10H3/t52?,61?,62?,63?,64-,66-/m0/s1. The fourth-order valence-corrected chi connectivity index (χ4v) is 22.7. The number of unbranched alkanes of at least 4 members (excludes halogenated alkanes) is 3. The predicted molar refractivity (Wildman–Crippen MR) is 358 cm³/mol. The van der Waals surface area contributed by atoms with E-state index in [0.29, 0.717) is 42.3 Å². The van der Waals surface area contributed by atoms with E-state index in [1.165, 1.54) is 23.1 Å². The van der Waals surface area contributed by atoms with Crippen LogP contribution in [0, 0.1) is 34.5 Å². The van der Waals surface area contributed by atoms with Crippen molar-refractivity contribution in [1.82, 2.24) is 9.57 Å². The summed E-state index contributed by atoms with van der Waals surface area (Å²) in [6.45, 7) is 13.6. The number of likely N-dealkylation sites (N-methyl/N-ethyl adjacent to an activating group) is 1. The molecule has 0 bridgehead atoms. The molecule has 0 amide bonds. The number of rotatable bonds is 36. The van der Waals surface area contributed by atoms with Gasteiger partial charge in [0.2, 0.25) is 0 Å². The summed E-state index contributed by atoms with van der Waals surface area (Å²) in [5.41, 5.74) is -2.18. The minimum absolute atomic E-state index is 0.0145. The second-order valence-electron chi connectivity index (χ2n) is 27.5. The fraction of sp³-hybridized carbons (Fsp3) is 0.648. The molecule has 4 aromatic rings. The van der Waals surface area contributed by atoms with Gasteiger partial charge in [-0.15, -0.1) is 0 Å². The molecule has 0 heterocycles. The van der Waals surface area contributed by atoms with Crippen molar-refractivity contribution in [3.05, 3.63) is 125 Å². The second-order valence-corrected chi connectivity index (χ2v) is 34.5. The van der Waals surface area contributed by atoms with Gasteiger partial charge in [-0.05, 0) is 92.0 Å². The molecule has 0 spiro atoms. The van der Waals surface area contributed by atoms with Crippen LogP contribution in [0.5, 0.6) is 17.2 Å². The van der Waals surface area contributed by atoms with E-state index >= 15 is 0 Å². The summed E-state index contributed by atoms with van der Waals surface area (Å²) in [7, 11) is 3.71. The van der Waals surface area contributed by atoms with Gasteiger partial charge < -0.3 is 19.1 Å². The number of hydrogen-bond donors (Lipinski definition) is 2. The van der Waals surface area contributed by atoms with Crippen molar-refractivity contribution in [2.24, 2.45) is 23.2 Å². The number of halogens is 9. The van der Waals surface area contributed by atoms with Crippen LogP contribution in [-0.4, -0.2) is 145 Å². The van der Waals surface area contributed by atoms with Crippen molar-refractivity contribution in [1.29, 1.82) is 5.26 Å². The molecule has 526 valence electrons. The van der Waals surface area contributed by atoms with Gasteiger partial charge in [0.15, 0.2) is 0 Å². The zero-order chi connectivity index (χ0) is 69.0. The molecule has 0 saturated heterocycles. The Labute approximate surface area is 559 Å². The number of nitriles is 1. The van der Waals surface area contributed by atoms with Crippen molar-refractivity contribution < 1.29 is 77.7 Å². The molecule has 4 aromatic carbocycles. The van der Waals surface area contributed by atoms with Gasteiger partial charge in [0.05, 0.1) is 25.9 Å². The molecule has 3 aliphatic carbocycles. The van der Waals surface area contributed by atoms with Crippen molar-refractivity contribution in [2.75, 3.05) is 78.9 Å². The maximum atomic E-state index is 13.3. The van der Waals surface area contributed by atoms with Crippen molar-refractivity contribution in [3.63, 3.8) is 0 Å². The van der Waals surface area contributed by atoms with E-state index in [1.54, 1.807) is 14.2 Å². The zero-order valence-electron chi connectivity index (χ0n) is 56.2. The summed E-state index contributed by atoms with van der Waals surface area (Å²) in [6.07, 6.45) is -9.37. The topological polar surface area (TPSA) is 126 Å². The third kappa shape index (κ3) is 18.1. The van der Waals surface area contributed by atoms with Crippen molar-refractivity contribution >= 4 is 28.8 Å². The average molecular weight is 1390 g/mol. The van der Waals surface area contributed by atoms with Gasteiger partial charge in [0.25, 0.3) is 0 Å². The second kappa shape index (κ2) is 32.3. The summed E-state index contributed by atoms with van der Waals surface area (Å²) >= 11 is 0. The molecular formula is C71H99F9N3O8PS2. The molecule has 11 nitrogen and oxygen atoms in total. The summed E-state index contributed by atoms with van der Waals surface area (Å²) in [6, 6.07) is 34.3. The van der Waals surface area contributed by atoms with Gasteiger partial charge >= 0.3 is 354 Å². The molecular weight excluding hydrogens is 1290 g/mol. The van der Waals surface area contributed by atoms with Gasteiger partial charge in [-0.1, -0.05) is 13.0 Å². The van der Waals surface area contributed by atoms with E-state index in [2.05, 4.69) is 61.9 Å². The Morgan fingerprint density at radius 2 is 1.28 bits per heavy atom. The number of aryl methyl sites for hydroxylation is 1. The van der Waals surface area contributed by atoms with Crippen LogP contribution in [0.2, 0.25) is 0 Å². The Morgan fingerprint density at radius 3 is 1.85 bits per heavy atom. The fourth-order valence-electron chi connectivity index (χ4n) is 15.3. The predicted octanol–water partition coefficient (Wildman–Crippen LogP) is 18.1. The van der Waals surface area contributed by atoms with Crippen LogP contribution in [0.3, 0.4) is 0 Å². The van der Waals surface area contributed by atoms with Crippen LogP contribution in [0.15, 0.2) is 97.1 Å². The molecule has 3 aliphatic rings. The average Bonchev–Trinajstić information content (AvgIpc) is 1.09. The van der Waals surface area contributed by atoms with Crippen molar-refractivity contribution in [2.45, 2.75) is 191 Å². The zero-order valence-corrected chi connectivity index (χ0v) is 58.7. The first-order valence-electron chi connectivity index (χ1n) is 33.0. The number of benzene rings is 4. The SMILES string of the molecule is COc1ccc(C(OCC(CCCCCCSSC(C)(C)CCOc2ccc3c(c2)CCC2C3CC[C@@]3(C)C2CC[C@@H]3OCCN(C)CCOC(C(F)(F)F)(C(F)(F)F)C(F)(F)F)CP(O)(O)(CCC#N)N(C(C)C)C(C)C)(c2ccccc2)c2ccc(OC)cc2)cc1. The first kappa shape index (κ1) is 77.3. The van der Waals surface area contributed by atoms with Gasteiger partial charge in [0, 0.05) is 13.1 Å². The quantitative estimate of drug-likeness (QED) is 0.0148. The molecule has 0 aromatic heterocycles. The van der Waals surface area contributed by atoms with Crippen LogP contribution in [0.4, 0.5) is 39.5 Å². The molecule has 2 fully saturated rings. The summed E-state index contributed by atoms with van der Waals surface area (Å²) in [5, 5.41) is 9.88. The van der Waals surface area contributed by atoms with E-state index in [-0.39, 0.29) is 72.8 Å². The van der Waals surface area contributed by atoms with Crippen LogP contribution in [0.25, 0.3) is 0 Å². The molecule has 2 saturated carbocycles. The van der Waals surface area contributed by atoms with E-state index in [9.17, 15) is 54.6 Å². The number of hydrogen-bond acceptors (Lipinski definition) is 13. The van der Waals surface area contributed by atoms with Crippen molar-refractivity contribution in [3.8, 4) is 23.3 Å². The first-order valence-corrected chi connectivity index (χ1v) is 37.8. The monoisotopic (exact) mass is 1390 g/mol. The summed E-state index contributed by atoms with van der Waals surface area (Å²) < 4.78 is 157. The molecule has 4 unspecified atom stereocenters. The van der Waals surface area contributed by atoms with E-state index in [4.69, 9.17) is 23.7 Å². The number of ether oxygens (including phenoxy) is 6.